The van der Waals surface area contributed by atoms with Crippen molar-refractivity contribution < 1.29 is 4.92 Å². The van der Waals surface area contributed by atoms with Crippen LogP contribution in [-0.2, 0) is 12.3 Å². The molecule has 2 aromatic carbocycles. The highest BCUT2D eigenvalue weighted by Crippen LogP contribution is 2.24. The maximum Gasteiger partial charge on any atom is 0.269 e. The third-order valence-electron chi connectivity index (χ3n) is 3.71. The summed E-state index contributed by atoms with van der Waals surface area (Å²) in [6.07, 6.45) is 1.63. The number of halogens is 1. The molecule has 0 saturated carbocycles. The van der Waals surface area contributed by atoms with E-state index in [0.29, 0.717) is 33.4 Å². The molecule has 0 saturated heterocycles. The van der Waals surface area contributed by atoms with E-state index < -0.39 is 4.92 Å². The van der Waals surface area contributed by atoms with Crippen molar-refractivity contribution in [3.05, 3.63) is 86.2 Å². The van der Waals surface area contributed by atoms with Crippen LogP contribution in [0, 0.1) is 10.1 Å². The minimum absolute atomic E-state index is 0.0445. The second kappa shape index (κ2) is 7.72. The second-order valence-corrected chi connectivity index (χ2v) is 6.85. The zero-order chi connectivity index (χ0) is 18.7. The molecule has 132 valence electrons. The number of non-ortho nitro benzene ring substituents is 1. The van der Waals surface area contributed by atoms with Crippen LogP contribution in [0.3, 0.4) is 0 Å². The second-order valence-electron chi connectivity index (χ2n) is 5.47. The van der Waals surface area contributed by atoms with Gasteiger partial charge in [0.15, 0.2) is 5.16 Å². The molecular weight excluding hydrogens is 374 g/mol. The van der Waals surface area contributed by atoms with Gasteiger partial charge in [-0.3, -0.25) is 19.5 Å². The molecule has 0 aliphatic rings. The number of thioether (sulfide) groups is 1. The van der Waals surface area contributed by atoms with Crippen LogP contribution in [0.25, 0.3) is 10.9 Å². The molecule has 0 radical (unpaired) electrons. The zero-order valence-corrected chi connectivity index (χ0v) is 15.2. The van der Waals surface area contributed by atoms with Gasteiger partial charge in [-0.25, -0.2) is 4.98 Å². The van der Waals surface area contributed by atoms with Gasteiger partial charge in [-0.1, -0.05) is 41.6 Å². The number of hydrogen-bond donors (Lipinski definition) is 0. The molecule has 0 aliphatic carbocycles. The number of nitro groups is 1. The lowest BCUT2D eigenvalue weighted by Gasteiger charge is -2.11. The van der Waals surface area contributed by atoms with Crippen molar-refractivity contribution in [3.63, 3.8) is 0 Å². The number of fused-ring (bicyclic) bond motifs is 1. The largest absolute Gasteiger partial charge is 0.283 e. The Balaban J connectivity index is 1.94. The van der Waals surface area contributed by atoms with Crippen LogP contribution in [0.5, 0.6) is 0 Å². The van der Waals surface area contributed by atoms with Crippen LogP contribution in [0.2, 0.25) is 5.02 Å². The van der Waals surface area contributed by atoms with Crippen molar-refractivity contribution in [2.24, 2.45) is 0 Å². The summed E-state index contributed by atoms with van der Waals surface area (Å²) in [6, 6.07) is 11.3. The van der Waals surface area contributed by atoms with Crippen LogP contribution in [0.4, 0.5) is 5.69 Å². The lowest BCUT2D eigenvalue weighted by molar-refractivity contribution is -0.384. The lowest BCUT2D eigenvalue weighted by atomic mass is 10.2. The molecule has 3 rings (SSSR count). The summed E-state index contributed by atoms with van der Waals surface area (Å²) in [5.41, 5.74) is 1.34. The van der Waals surface area contributed by atoms with Crippen LogP contribution in [0.15, 0.2) is 65.1 Å². The van der Waals surface area contributed by atoms with E-state index in [1.54, 1.807) is 41.0 Å². The molecule has 0 atom stereocenters. The Morgan fingerprint density at radius 1 is 1.27 bits per heavy atom. The van der Waals surface area contributed by atoms with Gasteiger partial charge in [-0.05, 0) is 23.8 Å². The number of nitro benzene ring substituents is 1. The van der Waals surface area contributed by atoms with Crippen molar-refractivity contribution in [3.8, 4) is 0 Å². The molecule has 0 unspecified atom stereocenters. The van der Waals surface area contributed by atoms with Crippen molar-refractivity contribution in [1.29, 1.82) is 0 Å². The third kappa shape index (κ3) is 3.79. The fraction of sp³-hybridized carbons (Fsp3) is 0.111. The van der Waals surface area contributed by atoms with E-state index in [-0.39, 0.29) is 11.2 Å². The number of rotatable bonds is 6. The molecule has 0 N–H and O–H groups in total. The minimum Gasteiger partial charge on any atom is -0.283 e. The van der Waals surface area contributed by atoms with Gasteiger partial charge in [-0.15, -0.1) is 6.58 Å². The average molecular weight is 388 g/mol. The first-order chi connectivity index (χ1) is 12.5. The fourth-order valence-electron chi connectivity index (χ4n) is 2.43. The van der Waals surface area contributed by atoms with Crippen molar-refractivity contribution >= 4 is 40.0 Å². The van der Waals surface area contributed by atoms with Crippen molar-refractivity contribution in [1.82, 2.24) is 9.55 Å². The van der Waals surface area contributed by atoms with Crippen LogP contribution < -0.4 is 5.56 Å². The number of allylic oxidation sites excluding steroid dienone is 1. The SMILES string of the molecule is C=CCn1c(SCc2ccc([N+](=O)[O-])cc2)nc2ccc(Cl)cc2c1=O. The predicted octanol–water partition coefficient (Wildman–Crippen LogP) is 4.44. The first-order valence-corrected chi connectivity index (χ1v) is 9.03. The number of benzene rings is 2. The van der Waals surface area contributed by atoms with E-state index >= 15 is 0 Å². The Morgan fingerprint density at radius 3 is 2.65 bits per heavy atom. The van der Waals surface area contributed by atoms with E-state index in [4.69, 9.17) is 11.6 Å². The predicted molar refractivity (Wildman–Crippen MR) is 104 cm³/mol. The maximum atomic E-state index is 12.8. The Morgan fingerprint density at radius 2 is 2.00 bits per heavy atom. The van der Waals surface area contributed by atoms with E-state index in [2.05, 4.69) is 11.6 Å². The van der Waals surface area contributed by atoms with E-state index in [9.17, 15) is 14.9 Å². The van der Waals surface area contributed by atoms with Gasteiger partial charge in [0.05, 0.1) is 15.8 Å². The lowest BCUT2D eigenvalue weighted by Crippen LogP contribution is -2.22. The number of hydrogen-bond acceptors (Lipinski definition) is 5. The van der Waals surface area contributed by atoms with Crippen molar-refractivity contribution in [2.75, 3.05) is 0 Å². The summed E-state index contributed by atoms with van der Waals surface area (Å²) < 4.78 is 1.54. The molecule has 8 heteroatoms. The summed E-state index contributed by atoms with van der Waals surface area (Å²) in [4.78, 5) is 27.6. The van der Waals surface area contributed by atoms with Gasteiger partial charge in [-0.2, -0.15) is 0 Å². The highest BCUT2D eigenvalue weighted by molar-refractivity contribution is 7.98. The molecule has 1 heterocycles. The van der Waals surface area contributed by atoms with E-state index in [1.807, 2.05) is 0 Å². The smallest absolute Gasteiger partial charge is 0.269 e. The quantitative estimate of drug-likeness (QED) is 0.205. The Labute approximate surface area is 158 Å². The minimum atomic E-state index is -0.436. The summed E-state index contributed by atoms with van der Waals surface area (Å²) >= 11 is 7.38. The number of nitrogens with zero attached hydrogens (tertiary/aromatic N) is 3. The van der Waals surface area contributed by atoms with E-state index in [1.165, 1.54) is 23.9 Å². The summed E-state index contributed by atoms with van der Waals surface area (Å²) in [5.74, 6) is 0.528. The maximum absolute atomic E-state index is 12.8. The molecule has 0 spiro atoms. The molecular formula is C18H14ClN3O3S. The topological polar surface area (TPSA) is 78.0 Å². The molecule has 26 heavy (non-hydrogen) atoms. The third-order valence-corrected chi connectivity index (χ3v) is 4.99. The van der Waals surface area contributed by atoms with Crippen LogP contribution in [0.1, 0.15) is 5.56 Å². The summed E-state index contributed by atoms with van der Waals surface area (Å²) in [6.45, 7) is 4.02. The Bertz CT molecular complexity index is 1050. The van der Waals surface area contributed by atoms with Crippen molar-refractivity contribution in [2.45, 2.75) is 17.5 Å². The standard InChI is InChI=1S/C18H14ClN3O3S/c1-2-9-21-17(23)15-10-13(19)5-8-16(15)20-18(21)26-11-12-3-6-14(7-4-12)22(24)25/h2-8,10H,1,9,11H2. The van der Waals surface area contributed by atoms with Gasteiger partial charge in [0.25, 0.3) is 11.2 Å². The van der Waals surface area contributed by atoms with E-state index in [0.717, 1.165) is 5.56 Å². The first-order valence-electron chi connectivity index (χ1n) is 7.66. The fourth-order valence-corrected chi connectivity index (χ4v) is 3.57. The normalized spacial score (nSPS) is 10.8. The van der Waals surface area contributed by atoms with Gasteiger partial charge < -0.3 is 0 Å². The molecule has 0 amide bonds. The molecule has 6 nitrogen and oxygen atoms in total. The monoisotopic (exact) mass is 387 g/mol. The summed E-state index contributed by atoms with van der Waals surface area (Å²) in [5, 5.41) is 12.2. The Hall–Kier alpha value is -2.64. The molecule has 0 bridgehead atoms. The van der Waals surface area contributed by atoms with Crippen LogP contribution >= 0.6 is 23.4 Å². The molecule has 1 aromatic heterocycles. The molecule has 0 fully saturated rings. The van der Waals surface area contributed by atoms with Gasteiger partial charge in [0.2, 0.25) is 0 Å². The van der Waals surface area contributed by atoms with Gasteiger partial charge in [0, 0.05) is 29.5 Å². The number of aromatic nitrogens is 2. The average Bonchev–Trinajstić information content (AvgIpc) is 2.63. The van der Waals surface area contributed by atoms with Gasteiger partial charge >= 0.3 is 0 Å². The first kappa shape index (κ1) is 18.2. The highest BCUT2D eigenvalue weighted by atomic mass is 35.5. The molecule has 3 aromatic rings. The van der Waals surface area contributed by atoms with Gasteiger partial charge in [0.1, 0.15) is 0 Å². The zero-order valence-electron chi connectivity index (χ0n) is 13.6. The Kier molecular flexibility index (Phi) is 5.39. The molecule has 0 aliphatic heterocycles. The highest BCUT2D eigenvalue weighted by Gasteiger charge is 2.12. The summed E-state index contributed by atoms with van der Waals surface area (Å²) in [7, 11) is 0. The van der Waals surface area contributed by atoms with Crippen LogP contribution in [-0.4, -0.2) is 14.5 Å².